The summed E-state index contributed by atoms with van der Waals surface area (Å²) in [7, 11) is 0. The number of ether oxygens (including phenoxy) is 1. The van der Waals surface area contributed by atoms with Crippen LogP contribution in [0.25, 0.3) is 0 Å². The molecule has 1 saturated heterocycles. The van der Waals surface area contributed by atoms with E-state index in [4.69, 9.17) is 15.3 Å². The van der Waals surface area contributed by atoms with Gasteiger partial charge in [-0.3, -0.25) is 4.79 Å². The molecule has 1 heterocycles. The minimum atomic E-state index is -0.770. The molecule has 3 amide bonds. The molecule has 0 aromatic heterocycles. The van der Waals surface area contributed by atoms with Crippen molar-refractivity contribution in [2.75, 3.05) is 38.6 Å². The Kier molecular flexibility index (Phi) is 8.43. The minimum Gasteiger partial charge on any atom is -0.378 e. The predicted molar refractivity (Wildman–Crippen MR) is 101 cm³/mol. The largest absolute Gasteiger partial charge is 0.378 e. The van der Waals surface area contributed by atoms with E-state index in [1.807, 2.05) is 18.2 Å². The highest BCUT2D eigenvalue weighted by Gasteiger charge is 2.24. The number of nitriles is 2. The van der Waals surface area contributed by atoms with Crippen LogP contribution in [0.5, 0.6) is 0 Å². The SMILES string of the molecule is N#CCNC(=O)[C@H](CSCc1ccccc1C#N)NC(=O)N1CCOCC1. The van der Waals surface area contributed by atoms with Gasteiger partial charge in [0.15, 0.2) is 0 Å². The summed E-state index contributed by atoms with van der Waals surface area (Å²) in [6.07, 6.45) is 0. The monoisotopic (exact) mass is 387 g/mol. The molecular weight excluding hydrogens is 366 g/mol. The number of hydrogen-bond acceptors (Lipinski definition) is 6. The first kappa shape index (κ1) is 20.6. The highest BCUT2D eigenvalue weighted by molar-refractivity contribution is 7.98. The van der Waals surface area contributed by atoms with Crippen molar-refractivity contribution in [1.82, 2.24) is 15.5 Å². The lowest BCUT2D eigenvalue weighted by Gasteiger charge is -2.29. The van der Waals surface area contributed by atoms with Gasteiger partial charge in [-0.15, -0.1) is 0 Å². The molecule has 9 heteroatoms. The zero-order valence-corrected chi connectivity index (χ0v) is 15.6. The topological polar surface area (TPSA) is 118 Å². The minimum absolute atomic E-state index is 0.120. The van der Waals surface area contributed by atoms with E-state index in [9.17, 15) is 9.59 Å². The number of urea groups is 1. The van der Waals surface area contributed by atoms with E-state index in [1.54, 1.807) is 17.0 Å². The molecule has 142 valence electrons. The number of amides is 3. The molecule has 8 nitrogen and oxygen atoms in total. The summed E-state index contributed by atoms with van der Waals surface area (Å²) in [4.78, 5) is 26.3. The normalized spacial score (nSPS) is 14.5. The molecule has 0 aliphatic carbocycles. The van der Waals surface area contributed by atoms with Crippen molar-refractivity contribution in [2.24, 2.45) is 0 Å². The van der Waals surface area contributed by atoms with Crippen LogP contribution >= 0.6 is 11.8 Å². The van der Waals surface area contributed by atoms with Crippen LogP contribution in [-0.4, -0.2) is 61.5 Å². The van der Waals surface area contributed by atoms with E-state index in [1.165, 1.54) is 11.8 Å². The van der Waals surface area contributed by atoms with Crippen LogP contribution in [-0.2, 0) is 15.3 Å². The number of carbonyl (C=O) groups excluding carboxylic acids is 2. The number of hydrogen-bond donors (Lipinski definition) is 2. The van der Waals surface area contributed by atoms with Gasteiger partial charge in [0.25, 0.3) is 0 Å². The van der Waals surface area contributed by atoms with Gasteiger partial charge in [-0.25, -0.2) is 4.79 Å². The van der Waals surface area contributed by atoms with Gasteiger partial charge in [-0.1, -0.05) is 18.2 Å². The molecular formula is C18H21N5O3S. The molecule has 27 heavy (non-hydrogen) atoms. The number of nitrogens with zero attached hydrogens (tertiary/aromatic N) is 3. The molecule has 1 aliphatic heterocycles. The maximum absolute atomic E-state index is 12.4. The van der Waals surface area contributed by atoms with Crippen LogP contribution in [0.2, 0.25) is 0 Å². The van der Waals surface area contributed by atoms with Gasteiger partial charge in [0, 0.05) is 24.6 Å². The number of rotatable bonds is 7. The Morgan fingerprint density at radius 2 is 2.00 bits per heavy atom. The first-order chi connectivity index (χ1) is 13.2. The van der Waals surface area contributed by atoms with E-state index in [0.717, 1.165) is 5.56 Å². The molecule has 1 aliphatic rings. The Morgan fingerprint density at radius 3 is 2.70 bits per heavy atom. The molecule has 2 N–H and O–H groups in total. The van der Waals surface area contributed by atoms with Gasteiger partial charge in [-0.2, -0.15) is 22.3 Å². The van der Waals surface area contributed by atoms with Crippen molar-refractivity contribution in [1.29, 1.82) is 10.5 Å². The fraction of sp³-hybridized carbons (Fsp3) is 0.444. The van der Waals surface area contributed by atoms with Gasteiger partial charge in [0.1, 0.15) is 12.6 Å². The van der Waals surface area contributed by atoms with Gasteiger partial charge in [0.05, 0.1) is 30.9 Å². The summed E-state index contributed by atoms with van der Waals surface area (Å²) in [6, 6.07) is 10.2. The highest BCUT2D eigenvalue weighted by atomic mass is 32.2. The van der Waals surface area contributed by atoms with Gasteiger partial charge in [0.2, 0.25) is 5.91 Å². The first-order valence-corrected chi connectivity index (χ1v) is 9.64. The third-order valence-corrected chi connectivity index (χ3v) is 5.02. The van der Waals surface area contributed by atoms with E-state index in [-0.39, 0.29) is 12.6 Å². The number of thioether (sulfide) groups is 1. The zero-order chi connectivity index (χ0) is 19.5. The second-order valence-electron chi connectivity index (χ2n) is 5.76. The van der Waals surface area contributed by atoms with Crippen LogP contribution in [0.15, 0.2) is 24.3 Å². The van der Waals surface area contributed by atoms with Gasteiger partial charge < -0.3 is 20.3 Å². The summed E-state index contributed by atoms with van der Waals surface area (Å²) in [5.74, 6) is 0.464. The Morgan fingerprint density at radius 1 is 1.26 bits per heavy atom. The molecule has 0 radical (unpaired) electrons. The maximum atomic E-state index is 12.4. The average Bonchev–Trinajstić information content (AvgIpc) is 2.72. The van der Waals surface area contributed by atoms with Crippen molar-refractivity contribution >= 4 is 23.7 Å². The molecule has 1 aromatic carbocycles. The Balaban J connectivity index is 1.95. The van der Waals surface area contributed by atoms with Crippen LogP contribution in [0, 0.1) is 22.7 Å². The van der Waals surface area contributed by atoms with Crippen molar-refractivity contribution < 1.29 is 14.3 Å². The third-order valence-electron chi connectivity index (χ3n) is 3.93. The summed E-state index contributed by atoms with van der Waals surface area (Å²) >= 11 is 1.44. The molecule has 1 fully saturated rings. The van der Waals surface area contributed by atoms with Gasteiger partial charge in [-0.05, 0) is 11.6 Å². The summed E-state index contributed by atoms with van der Waals surface area (Å²) in [5, 5.41) is 23.0. The molecule has 0 bridgehead atoms. The Hall–Kier alpha value is -2.75. The van der Waals surface area contributed by atoms with Gasteiger partial charge >= 0.3 is 6.03 Å². The van der Waals surface area contributed by atoms with Crippen molar-refractivity contribution in [2.45, 2.75) is 11.8 Å². The van der Waals surface area contributed by atoms with Crippen LogP contribution in [0.4, 0.5) is 4.79 Å². The second-order valence-corrected chi connectivity index (χ2v) is 6.79. The van der Waals surface area contributed by atoms with Crippen LogP contribution < -0.4 is 10.6 Å². The van der Waals surface area contributed by atoms with Crippen molar-refractivity contribution in [3.63, 3.8) is 0 Å². The molecule has 0 spiro atoms. The lowest BCUT2D eigenvalue weighted by molar-refractivity contribution is -0.122. The quantitative estimate of drug-likeness (QED) is 0.670. The predicted octanol–water partition coefficient (Wildman–Crippen LogP) is 0.842. The zero-order valence-electron chi connectivity index (χ0n) is 14.8. The molecule has 0 saturated carbocycles. The molecule has 0 unspecified atom stereocenters. The lowest BCUT2D eigenvalue weighted by Crippen LogP contribution is -2.54. The Labute approximate surface area is 162 Å². The summed E-state index contributed by atoms with van der Waals surface area (Å²) in [5.41, 5.74) is 1.47. The number of benzene rings is 1. The van der Waals surface area contributed by atoms with Crippen molar-refractivity contribution in [3.05, 3.63) is 35.4 Å². The molecule has 1 atom stereocenters. The molecule has 2 rings (SSSR count). The van der Waals surface area contributed by atoms with E-state index < -0.39 is 11.9 Å². The summed E-state index contributed by atoms with van der Waals surface area (Å²) < 4.78 is 5.22. The Bertz CT molecular complexity index is 737. The first-order valence-electron chi connectivity index (χ1n) is 8.49. The third kappa shape index (κ3) is 6.48. The summed E-state index contributed by atoms with van der Waals surface area (Å²) in [6.45, 7) is 1.77. The fourth-order valence-electron chi connectivity index (χ4n) is 2.48. The van der Waals surface area contributed by atoms with E-state index >= 15 is 0 Å². The maximum Gasteiger partial charge on any atom is 0.318 e. The molecule has 1 aromatic rings. The van der Waals surface area contributed by atoms with Crippen LogP contribution in [0.1, 0.15) is 11.1 Å². The fourth-order valence-corrected chi connectivity index (χ4v) is 3.54. The number of carbonyl (C=O) groups is 2. The highest BCUT2D eigenvalue weighted by Crippen LogP contribution is 2.17. The smallest absolute Gasteiger partial charge is 0.318 e. The number of morpholine rings is 1. The van der Waals surface area contributed by atoms with Crippen molar-refractivity contribution in [3.8, 4) is 12.1 Å². The number of nitrogens with one attached hydrogen (secondary N) is 2. The lowest BCUT2D eigenvalue weighted by atomic mass is 10.1. The standard InChI is InChI=1S/C18H21N5O3S/c19-5-6-21-17(24)16(22-18(25)23-7-9-26-10-8-23)13-27-12-15-4-2-1-3-14(15)11-20/h1-4,16H,6-10,12-13H2,(H,21,24)(H,22,25)/t16-/m0/s1. The van der Waals surface area contributed by atoms with E-state index in [2.05, 4.69) is 16.7 Å². The average molecular weight is 387 g/mol. The van der Waals surface area contributed by atoms with E-state index in [0.29, 0.717) is 43.4 Å². The second kappa shape index (κ2) is 11.1. The van der Waals surface area contributed by atoms with Crippen LogP contribution in [0.3, 0.4) is 0 Å².